The summed E-state index contributed by atoms with van der Waals surface area (Å²) >= 11 is 6.54. The highest BCUT2D eigenvalue weighted by atomic mass is 35.5. The molecule has 7 heteroatoms. The van der Waals surface area contributed by atoms with Crippen LogP contribution in [0.2, 0.25) is 5.02 Å². The van der Waals surface area contributed by atoms with Gasteiger partial charge in [-0.2, -0.15) is 0 Å². The van der Waals surface area contributed by atoms with Gasteiger partial charge in [-0.1, -0.05) is 72.3 Å². The second-order valence-corrected chi connectivity index (χ2v) is 9.42. The minimum atomic E-state index is -1.21. The zero-order valence-electron chi connectivity index (χ0n) is 20.4. The minimum absolute atomic E-state index is 0.216. The van der Waals surface area contributed by atoms with E-state index in [1.807, 2.05) is 42.5 Å². The van der Waals surface area contributed by atoms with Crippen molar-refractivity contribution in [2.75, 3.05) is 6.54 Å². The summed E-state index contributed by atoms with van der Waals surface area (Å²) in [5.41, 5.74) is 4.56. The lowest BCUT2D eigenvalue weighted by Crippen LogP contribution is -2.33. The fraction of sp³-hybridized carbons (Fsp3) is 0.129. The number of Topliss-reactive ketones (excluding diaryl/α,β-unsaturated/α-hetero) is 1. The van der Waals surface area contributed by atoms with E-state index in [0.29, 0.717) is 34.9 Å². The monoisotopic (exact) mass is 524 g/mol. The van der Waals surface area contributed by atoms with Crippen LogP contribution in [0.3, 0.4) is 0 Å². The van der Waals surface area contributed by atoms with Crippen LogP contribution in [-0.2, 0) is 11.2 Å². The normalized spacial score (nSPS) is 15.1. The van der Waals surface area contributed by atoms with Gasteiger partial charge in [0.1, 0.15) is 18.0 Å². The molecule has 0 saturated carbocycles. The van der Waals surface area contributed by atoms with E-state index in [2.05, 4.69) is 10.3 Å². The van der Waals surface area contributed by atoms with Gasteiger partial charge in [-0.25, -0.2) is 0 Å². The first kappa shape index (κ1) is 25.4. The molecule has 2 atom stereocenters. The van der Waals surface area contributed by atoms with E-state index in [1.165, 1.54) is 6.08 Å². The molecule has 0 spiro atoms. The molecule has 5 rings (SSSR count). The molecule has 190 valence electrons. The highest BCUT2D eigenvalue weighted by Crippen LogP contribution is 2.39. The fourth-order valence-corrected chi connectivity index (χ4v) is 4.64. The van der Waals surface area contributed by atoms with Crippen LogP contribution in [0.5, 0.6) is 5.75 Å². The van der Waals surface area contributed by atoms with Crippen LogP contribution in [0, 0.1) is 0 Å². The molecule has 4 aromatic rings. The van der Waals surface area contributed by atoms with Gasteiger partial charge >= 0.3 is 0 Å². The van der Waals surface area contributed by atoms with Crippen LogP contribution in [0.15, 0.2) is 97.3 Å². The second kappa shape index (κ2) is 11.4. The summed E-state index contributed by atoms with van der Waals surface area (Å²) in [5, 5.41) is 13.8. The van der Waals surface area contributed by atoms with Gasteiger partial charge < -0.3 is 15.2 Å². The first-order chi connectivity index (χ1) is 18.5. The Labute approximate surface area is 225 Å². The first-order valence-corrected chi connectivity index (χ1v) is 12.6. The van der Waals surface area contributed by atoms with E-state index in [-0.39, 0.29) is 17.8 Å². The number of ether oxygens (including phenoxy) is 1. The molecule has 0 fully saturated rings. The number of halogens is 1. The smallest absolute Gasteiger partial charge is 0.244 e. The number of aliphatic hydroxyl groups excluding tert-OH is 1. The van der Waals surface area contributed by atoms with Crippen molar-refractivity contribution in [2.24, 2.45) is 0 Å². The quantitative estimate of drug-likeness (QED) is 0.236. The standard InChI is InChI=1S/C31H25ClN2O4/c32-27-17-24(21-9-11-23(12-10-21)30(37)29(36)22-6-2-1-3-7-22)15-25-16-26(38-31(25)27)19-34-28(35)13-8-20-5-4-14-33-18-20/h1-15,17-18,26,29,36H,16,19H2,(H,34,35). The number of carbonyl (C=O) groups is 2. The highest BCUT2D eigenvalue weighted by Gasteiger charge is 2.26. The van der Waals surface area contributed by atoms with Crippen molar-refractivity contribution in [2.45, 2.75) is 18.6 Å². The van der Waals surface area contributed by atoms with Gasteiger partial charge in [0.25, 0.3) is 0 Å². The zero-order chi connectivity index (χ0) is 26.5. The van der Waals surface area contributed by atoms with Gasteiger partial charge in [0.15, 0.2) is 5.78 Å². The van der Waals surface area contributed by atoms with Gasteiger partial charge in [0.05, 0.1) is 11.6 Å². The minimum Gasteiger partial charge on any atom is -0.486 e. The number of carbonyl (C=O) groups excluding carboxylic acids is 2. The van der Waals surface area contributed by atoms with Crippen molar-refractivity contribution in [3.63, 3.8) is 0 Å². The third kappa shape index (κ3) is 5.83. The molecular weight excluding hydrogens is 500 g/mol. The Morgan fingerprint density at radius 2 is 1.84 bits per heavy atom. The van der Waals surface area contributed by atoms with Crippen molar-refractivity contribution in [1.82, 2.24) is 10.3 Å². The Kier molecular flexibility index (Phi) is 7.63. The summed E-state index contributed by atoms with van der Waals surface area (Å²) in [5.74, 6) is 0.0499. The Balaban J connectivity index is 1.22. The number of ketones is 1. The molecule has 0 aliphatic carbocycles. The lowest BCUT2D eigenvalue weighted by atomic mass is 9.96. The molecule has 1 aromatic heterocycles. The summed E-state index contributed by atoms with van der Waals surface area (Å²) in [4.78, 5) is 29.0. The zero-order valence-corrected chi connectivity index (χ0v) is 21.1. The fourth-order valence-electron chi connectivity index (χ4n) is 4.36. The number of amides is 1. The average Bonchev–Trinajstić information content (AvgIpc) is 3.39. The molecule has 1 aliphatic rings. The molecule has 2 N–H and O–H groups in total. The number of aliphatic hydroxyl groups is 1. The van der Waals surface area contributed by atoms with Crippen molar-refractivity contribution in [1.29, 1.82) is 0 Å². The molecule has 1 amide bonds. The van der Waals surface area contributed by atoms with E-state index in [4.69, 9.17) is 16.3 Å². The number of aromatic nitrogens is 1. The number of rotatable bonds is 8. The third-order valence-corrected chi connectivity index (χ3v) is 6.62. The summed E-state index contributed by atoms with van der Waals surface area (Å²) in [6.07, 6.45) is 5.70. The summed E-state index contributed by atoms with van der Waals surface area (Å²) < 4.78 is 6.01. The predicted molar refractivity (Wildman–Crippen MR) is 147 cm³/mol. The first-order valence-electron chi connectivity index (χ1n) is 12.2. The SMILES string of the molecule is O=C(C=Cc1cccnc1)NCC1Cc2cc(-c3ccc(C(=O)C(O)c4ccccc4)cc3)cc(Cl)c2O1. The van der Waals surface area contributed by atoms with Crippen LogP contribution in [0.4, 0.5) is 0 Å². The van der Waals surface area contributed by atoms with Crippen molar-refractivity contribution in [3.05, 3.63) is 125 Å². The van der Waals surface area contributed by atoms with Gasteiger partial charge in [0, 0.05) is 36.0 Å². The van der Waals surface area contributed by atoms with E-state index < -0.39 is 6.10 Å². The Morgan fingerprint density at radius 1 is 1.05 bits per heavy atom. The largest absolute Gasteiger partial charge is 0.486 e. The lowest BCUT2D eigenvalue weighted by Gasteiger charge is -2.12. The number of fused-ring (bicyclic) bond motifs is 1. The third-order valence-electron chi connectivity index (χ3n) is 6.33. The maximum atomic E-state index is 12.7. The van der Waals surface area contributed by atoms with Crippen LogP contribution in [0.1, 0.15) is 33.2 Å². The summed E-state index contributed by atoms with van der Waals surface area (Å²) in [7, 11) is 0. The van der Waals surface area contributed by atoms with E-state index >= 15 is 0 Å². The van der Waals surface area contributed by atoms with Gasteiger partial charge in [-0.05, 0) is 46.5 Å². The molecule has 3 aromatic carbocycles. The number of hydrogen-bond acceptors (Lipinski definition) is 5. The topological polar surface area (TPSA) is 88.5 Å². The van der Waals surface area contributed by atoms with Crippen molar-refractivity contribution >= 4 is 29.4 Å². The molecule has 0 saturated heterocycles. The molecule has 2 heterocycles. The van der Waals surface area contributed by atoms with E-state index in [0.717, 1.165) is 22.3 Å². The molecule has 0 bridgehead atoms. The highest BCUT2D eigenvalue weighted by molar-refractivity contribution is 6.32. The van der Waals surface area contributed by atoms with Gasteiger partial charge in [0.2, 0.25) is 5.91 Å². The molecular formula is C31H25ClN2O4. The molecule has 2 unspecified atom stereocenters. The number of nitrogens with zero attached hydrogens (tertiary/aromatic N) is 1. The number of benzene rings is 3. The second-order valence-electron chi connectivity index (χ2n) is 9.01. The molecule has 0 radical (unpaired) electrons. The van der Waals surface area contributed by atoms with Gasteiger partial charge in [-0.15, -0.1) is 0 Å². The maximum Gasteiger partial charge on any atom is 0.244 e. The van der Waals surface area contributed by atoms with Crippen LogP contribution in [0.25, 0.3) is 17.2 Å². The average molecular weight is 525 g/mol. The number of nitrogens with one attached hydrogen (secondary N) is 1. The lowest BCUT2D eigenvalue weighted by molar-refractivity contribution is -0.116. The van der Waals surface area contributed by atoms with E-state index in [1.54, 1.807) is 54.9 Å². The molecule has 1 aliphatic heterocycles. The maximum absolute atomic E-state index is 12.7. The Morgan fingerprint density at radius 3 is 2.58 bits per heavy atom. The summed E-state index contributed by atoms with van der Waals surface area (Å²) in [6, 6.07) is 23.5. The van der Waals surface area contributed by atoms with Crippen LogP contribution in [-0.4, -0.2) is 34.4 Å². The Bertz CT molecular complexity index is 1470. The van der Waals surface area contributed by atoms with E-state index in [9.17, 15) is 14.7 Å². The van der Waals surface area contributed by atoms with Crippen LogP contribution >= 0.6 is 11.6 Å². The predicted octanol–water partition coefficient (Wildman–Crippen LogP) is 5.45. The number of hydrogen-bond donors (Lipinski definition) is 2. The summed E-state index contributed by atoms with van der Waals surface area (Å²) in [6.45, 7) is 0.344. The number of pyridine rings is 1. The van der Waals surface area contributed by atoms with Crippen molar-refractivity contribution in [3.8, 4) is 16.9 Å². The molecule has 6 nitrogen and oxygen atoms in total. The van der Waals surface area contributed by atoms with Crippen molar-refractivity contribution < 1.29 is 19.4 Å². The Hall–Kier alpha value is -4.26. The van der Waals surface area contributed by atoms with Crippen LogP contribution < -0.4 is 10.1 Å². The molecule has 38 heavy (non-hydrogen) atoms. The van der Waals surface area contributed by atoms with Gasteiger partial charge in [-0.3, -0.25) is 14.6 Å².